The highest BCUT2D eigenvalue weighted by atomic mass is 32.2. The topological polar surface area (TPSA) is 69.7 Å². The summed E-state index contributed by atoms with van der Waals surface area (Å²) in [6.07, 6.45) is 3.96. The molecule has 1 rings (SSSR count). The molecule has 13 heavy (non-hydrogen) atoms. The van der Waals surface area contributed by atoms with E-state index in [0.29, 0.717) is 6.47 Å². The molecule has 1 saturated carbocycles. The zero-order valence-electron chi connectivity index (χ0n) is 7.73. The van der Waals surface area contributed by atoms with Crippen LogP contribution in [0.4, 0.5) is 0 Å². The quantitative estimate of drug-likeness (QED) is 0.495. The van der Waals surface area contributed by atoms with Crippen molar-refractivity contribution in [1.29, 1.82) is 0 Å². The van der Waals surface area contributed by atoms with Crippen molar-refractivity contribution in [2.24, 2.45) is 0 Å². The minimum absolute atomic E-state index is 0.0139. The minimum atomic E-state index is -3.18. The Morgan fingerprint density at radius 2 is 1.85 bits per heavy atom. The summed E-state index contributed by atoms with van der Waals surface area (Å²) < 4.78 is 29.3. The van der Waals surface area contributed by atoms with Gasteiger partial charge in [0.05, 0.1) is 19.5 Å². The zero-order chi connectivity index (χ0) is 10.3. The molecule has 0 aromatic heterocycles. The van der Waals surface area contributed by atoms with Crippen molar-refractivity contribution in [1.82, 2.24) is 0 Å². The fourth-order valence-corrected chi connectivity index (χ4v) is 1.40. The molecule has 0 N–H and O–H groups in total. The second-order valence-corrected chi connectivity index (χ2v) is 4.29. The summed E-state index contributed by atoms with van der Waals surface area (Å²) >= 11 is 0. The SMILES string of the molecule is COC=O.CS(=O)(=O)OC1CCC1. The van der Waals surface area contributed by atoms with Crippen molar-refractivity contribution < 1.29 is 22.1 Å². The Hall–Kier alpha value is -0.620. The average molecular weight is 210 g/mol. The lowest BCUT2D eigenvalue weighted by atomic mass is 9.97. The first-order valence-electron chi connectivity index (χ1n) is 3.84. The van der Waals surface area contributed by atoms with Crippen LogP contribution in [-0.2, 0) is 23.8 Å². The van der Waals surface area contributed by atoms with E-state index in [1.807, 2.05) is 0 Å². The van der Waals surface area contributed by atoms with Crippen LogP contribution in [-0.4, -0.2) is 34.4 Å². The van der Waals surface area contributed by atoms with Crippen LogP contribution in [0.2, 0.25) is 0 Å². The van der Waals surface area contributed by atoms with Crippen molar-refractivity contribution in [3.05, 3.63) is 0 Å². The van der Waals surface area contributed by atoms with E-state index >= 15 is 0 Å². The van der Waals surface area contributed by atoms with Crippen molar-refractivity contribution in [3.63, 3.8) is 0 Å². The van der Waals surface area contributed by atoms with Crippen molar-refractivity contribution >= 4 is 16.6 Å². The molecule has 1 aliphatic rings. The van der Waals surface area contributed by atoms with Gasteiger partial charge < -0.3 is 4.74 Å². The van der Waals surface area contributed by atoms with Crippen molar-refractivity contribution in [3.8, 4) is 0 Å². The van der Waals surface area contributed by atoms with Crippen LogP contribution < -0.4 is 0 Å². The maximum Gasteiger partial charge on any atom is 0.292 e. The van der Waals surface area contributed by atoms with E-state index in [1.165, 1.54) is 7.11 Å². The minimum Gasteiger partial charge on any atom is -0.471 e. The van der Waals surface area contributed by atoms with Crippen molar-refractivity contribution in [2.75, 3.05) is 13.4 Å². The number of methoxy groups -OCH3 is 1. The highest BCUT2D eigenvalue weighted by molar-refractivity contribution is 7.86. The van der Waals surface area contributed by atoms with Crippen LogP contribution in [0.1, 0.15) is 19.3 Å². The van der Waals surface area contributed by atoms with Gasteiger partial charge in [0.1, 0.15) is 0 Å². The summed E-state index contributed by atoms with van der Waals surface area (Å²) in [4.78, 5) is 8.95. The molecule has 6 heteroatoms. The Morgan fingerprint density at radius 1 is 1.38 bits per heavy atom. The largest absolute Gasteiger partial charge is 0.471 e. The number of ether oxygens (including phenoxy) is 1. The third kappa shape index (κ3) is 7.73. The standard InChI is InChI=1S/C5H10O3S.C2H4O2/c1-9(6,7)8-5-3-2-4-5;1-4-2-3/h5H,2-4H2,1H3;2H,1H3. The Bertz CT molecular complexity index is 229. The molecule has 0 bridgehead atoms. The summed E-state index contributed by atoms with van der Waals surface area (Å²) in [5.41, 5.74) is 0. The third-order valence-corrected chi connectivity index (χ3v) is 2.08. The maximum absolute atomic E-state index is 10.4. The predicted molar refractivity (Wildman–Crippen MR) is 46.6 cm³/mol. The predicted octanol–water partition coefficient (Wildman–Crippen LogP) is 0.304. The second-order valence-electron chi connectivity index (χ2n) is 2.69. The second kappa shape index (κ2) is 5.93. The fraction of sp³-hybridized carbons (Fsp3) is 0.857. The molecule has 0 amide bonds. The lowest BCUT2D eigenvalue weighted by Gasteiger charge is -2.23. The number of carbonyl (C=O) groups excluding carboxylic acids is 1. The van der Waals surface area contributed by atoms with Crippen LogP contribution in [0.15, 0.2) is 0 Å². The molecule has 0 atom stereocenters. The van der Waals surface area contributed by atoms with Gasteiger partial charge in [0.15, 0.2) is 0 Å². The van der Waals surface area contributed by atoms with E-state index in [9.17, 15) is 8.42 Å². The Kier molecular flexibility index (Phi) is 5.65. The lowest BCUT2D eigenvalue weighted by molar-refractivity contribution is -0.126. The van der Waals surface area contributed by atoms with Gasteiger partial charge >= 0.3 is 0 Å². The molecule has 0 saturated heterocycles. The monoisotopic (exact) mass is 210 g/mol. The van der Waals surface area contributed by atoms with Crippen LogP contribution >= 0.6 is 0 Å². The Balaban J connectivity index is 0.000000310. The molecule has 0 unspecified atom stereocenters. The molecule has 0 heterocycles. The van der Waals surface area contributed by atoms with Crippen LogP contribution in [0.3, 0.4) is 0 Å². The van der Waals surface area contributed by atoms with E-state index in [1.54, 1.807) is 0 Å². The number of rotatable bonds is 3. The van der Waals surface area contributed by atoms with Crippen LogP contribution in [0, 0.1) is 0 Å². The van der Waals surface area contributed by atoms with Gasteiger partial charge in [-0.1, -0.05) is 0 Å². The molecular formula is C7H14O5S. The smallest absolute Gasteiger partial charge is 0.292 e. The molecule has 1 aliphatic carbocycles. The molecule has 5 nitrogen and oxygen atoms in total. The first-order valence-corrected chi connectivity index (χ1v) is 5.66. The molecule has 0 aliphatic heterocycles. The average Bonchev–Trinajstić information content (AvgIpc) is 1.96. The molecular weight excluding hydrogens is 196 g/mol. The van der Waals surface area contributed by atoms with Gasteiger partial charge in [-0.3, -0.25) is 8.98 Å². The molecule has 0 aromatic rings. The molecule has 0 aromatic carbocycles. The molecule has 0 radical (unpaired) electrons. The summed E-state index contributed by atoms with van der Waals surface area (Å²) in [6, 6.07) is 0. The highest BCUT2D eigenvalue weighted by Gasteiger charge is 2.21. The Labute approximate surface area is 78.2 Å². The number of carbonyl (C=O) groups is 1. The van der Waals surface area contributed by atoms with Gasteiger partial charge in [-0.25, -0.2) is 0 Å². The van der Waals surface area contributed by atoms with Gasteiger partial charge in [0.25, 0.3) is 16.6 Å². The lowest BCUT2D eigenvalue weighted by Crippen LogP contribution is -2.24. The number of hydrogen-bond acceptors (Lipinski definition) is 5. The molecule has 78 valence electrons. The third-order valence-electron chi connectivity index (χ3n) is 1.46. The van der Waals surface area contributed by atoms with Crippen LogP contribution in [0.25, 0.3) is 0 Å². The fourth-order valence-electron chi connectivity index (χ4n) is 0.714. The highest BCUT2D eigenvalue weighted by Crippen LogP contribution is 2.22. The van der Waals surface area contributed by atoms with E-state index < -0.39 is 10.1 Å². The van der Waals surface area contributed by atoms with E-state index in [-0.39, 0.29) is 6.10 Å². The number of hydrogen-bond donors (Lipinski definition) is 0. The van der Waals surface area contributed by atoms with Gasteiger partial charge in [-0.2, -0.15) is 8.42 Å². The van der Waals surface area contributed by atoms with Gasteiger partial charge in [0, 0.05) is 0 Å². The van der Waals surface area contributed by atoms with Crippen molar-refractivity contribution in [2.45, 2.75) is 25.4 Å². The Morgan fingerprint density at radius 3 is 1.92 bits per heavy atom. The summed E-state index contributed by atoms with van der Waals surface area (Å²) in [6.45, 7) is 0.375. The summed E-state index contributed by atoms with van der Waals surface area (Å²) in [5, 5.41) is 0. The molecule has 1 fully saturated rings. The van der Waals surface area contributed by atoms with E-state index in [0.717, 1.165) is 25.5 Å². The molecule has 0 spiro atoms. The summed E-state index contributed by atoms with van der Waals surface area (Å²) in [7, 11) is -1.87. The zero-order valence-corrected chi connectivity index (χ0v) is 8.54. The van der Waals surface area contributed by atoms with Gasteiger partial charge in [0.2, 0.25) is 0 Å². The normalized spacial score (nSPS) is 16.5. The van der Waals surface area contributed by atoms with Gasteiger partial charge in [-0.15, -0.1) is 0 Å². The first kappa shape index (κ1) is 12.4. The van der Waals surface area contributed by atoms with Gasteiger partial charge in [-0.05, 0) is 19.3 Å². The van der Waals surface area contributed by atoms with E-state index in [4.69, 9.17) is 4.79 Å². The first-order chi connectivity index (χ1) is 5.99. The van der Waals surface area contributed by atoms with Crippen LogP contribution in [0.5, 0.6) is 0 Å². The summed E-state index contributed by atoms with van der Waals surface area (Å²) in [5.74, 6) is 0. The maximum atomic E-state index is 10.4. The van der Waals surface area contributed by atoms with E-state index in [2.05, 4.69) is 8.92 Å².